The second kappa shape index (κ2) is 9.04. The van der Waals surface area contributed by atoms with Gasteiger partial charge in [0.05, 0.1) is 18.1 Å². The van der Waals surface area contributed by atoms with Gasteiger partial charge < -0.3 is 16.0 Å². The van der Waals surface area contributed by atoms with Crippen molar-refractivity contribution in [1.82, 2.24) is 19.7 Å². The molecule has 1 saturated carbocycles. The fourth-order valence-corrected chi connectivity index (χ4v) is 5.96. The Kier molecular flexibility index (Phi) is 5.70. The Morgan fingerprint density at radius 1 is 1.06 bits per heavy atom. The van der Waals surface area contributed by atoms with E-state index in [1.165, 1.54) is 18.4 Å². The molecule has 1 amide bonds. The highest BCUT2D eigenvalue weighted by Crippen LogP contribution is 2.44. The van der Waals surface area contributed by atoms with E-state index < -0.39 is 5.91 Å². The number of piperidine rings is 1. The van der Waals surface area contributed by atoms with Crippen LogP contribution in [0.3, 0.4) is 0 Å². The minimum Gasteiger partial charge on any atom is -0.364 e. The van der Waals surface area contributed by atoms with E-state index in [1.807, 2.05) is 19.2 Å². The molecule has 9 nitrogen and oxygen atoms in total. The molecular formula is C27H31N7O2. The SMILES string of the molecule is Cn1cc(Nc2nc(N3C4CCC3[C@@H](CC(=O)c3ccc(C5CC5)cc3)CC4)cnc2C(N)=O)cn1. The van der Waals surface area contributed by atoms with Crippen LogP contribution in [0.25, 0.3) is 0 Å². The van der Waals surface area contributed by atoms with Crippen LogP contribution in [-0.4, -0.2) is 43.5 Å². The van der Waals surface area contributed by atoms with Gasteiger partial charge in [0.1, 0.15) is 5.82 Å². The number of aromatic nitrogens is 4. The number of aryl methyl sites for hydroxylation is 1. The van der Waals surface area contributed by atoms with Crippen molar-refractivity contribution in [2.45, 2.75) is 62.9 Å². The second-order valence-electron chi connectivity index (χ2n) is 10.4. The first-order valence-electron chi connectivity index (χ1n) is 12.8. The zero-order chi connectivity index (χ0) is 24.8. The number of hydrogen-bond acceptors (Lipinski definition) is 7. The lowest BCUT2D eigenvalue weighted by atomic mass is 9.85. The molecule has 2 bridgehead atoms. The van der Waals surface area contributed by atoms with Gasteiger partial charge >= 0.3 is 0 Å². The van der Waals surface area contributed by atoms with E-state index in [1.54, 1.807) is 23.3 Å². The summed E-state index contributed by atoms with van der Waals surface area (Å²) in [5.41, 5.74) is 8.52. The zero-order valence-electron chi connectivity index (χ0n) is 20.4. The molecule has 3 aromatic rings. The Hall–Kier alpha value is -3.75. The Balaban J connectivity index is 1.22. The Bertz CT molecular complexity index is 1300. The van der Waals surface area contributed by atoms with Gasteiger partial charge in [0.2, 0.25) is 0 Å². The number of anilines is 3. The van der Waals surface area contributed by atoms with E-state index in [2.05, 4.69) is 32.4 Å². The summed E-state index contributed by atoms with van der Waals surface area (Å²) in [7, 11) is 1.82. The van der Waals surface area contributed by atoms with Crippen LogP contribution in [0.2, 0.25) is 0 Å². The van der Waals surface area contributed by atoms with Crippen molar-refractivity contribution in [3.8, 4) is 0 Å². The summed E-state index contributed by atoms with van der Waals surface area (Å²) in [4.78, 5) is 36.7. The quantitative estimate of drug-likeness (QED) is 0.464. The van der Waals surface area contributed by atoms with Crippen molar-refractivity contribution in [3.63, 3.8) is 0 Å². The van der Waals surface area contributed by atoms with E-state index in [-0.39, 0.29) is 23.4 Å². The largest absolute Gasteiger partial charge is 0.364 e. The van der Waals surface area contributed by atoms with Crippen LogP contribution in [0, 0.1) is 5.92 Å². The fraction of sp³-hybridized carbons (Fsp3) is 0.444. The van der Waals surface area contributed by atoms with Crippen molar-refractivity contribution in [2.75, 3.05) is 10.2 Å². The third-order valence-electron chi connectivity index (χ3n) is 7.92. The van der Waals surface area contributed by atoms with Gasteiger partial charge in [-0.1, -0.05) is 24.3 Å². The number of Topliss-reactive ketones (excluding diaryl/α,β-unsaturated/α-hetero) is 1. The van der Waals surface area contributed by atoms with Gasteiger partial charge in [0, 0.05) is 37.3 Å². The van der Waals surface area contributed by atoms with E-state index in [0.29, 0.717) is 35.7 Å². The molecule has 0 radical (unpaired) electrons. The third-order valence-corrected chi connectivity index (χ3v) is 7.92. The maximum Gasteiger partial charge on any atom is 0.271 e. The van der Waals surface area contributed by atoms with Crippen molar-refractivity contribution >= 4 is 29.0 Å². The first kappa shape index (κ1) is 22.7. The number of primary amides is 1. The molecule has 2 aliphatic heterocycles. The fourth-order valence-electron chi connectivity index (χ4n) is 5.96. The van der Waals surface area contributed by atoms with Crippen LogP contribution in [0.4, 0.5) is 17.3 Å². The van der Waals surface area contributed by atoms with Crippen LogP contribution in [-0.2, 0) is 7.05 Å². The minimum absolute atomic E-state index is 0.0910. The summed E-state index contributed by atoms with van der Waals surface area (Å²) in [6, 6.07) is 8.82. The van der Waals surface area contributed by atoms with Crippen LogP contribution < -0.4 is 16.0 Å². The van der Waals surface area contributed by atoms with Crippen molar-refractivity contribution in [2.24, 2.45) is 18.7 Å². The summed E-state index contributed by atoms with van der Waals surface area (Å²) < 4.78 is 1.66. The number of carbonyl (C=O) groups excluding carboxylic acids is 2. The van der Waals surface area contributed by atoms with Crippen LogP contribution >= 0.6 is 0 Å². The molecule has 3 N–H and O–H groups in total. The van der Waals surface area contributed by atoms with Gasteiger partial charge in [-0.25, -0.2) is 9.97 Å². The van der Waals surface area contributed by atoms with Crippen molar-refractivity contribution in [3.05, 3.63) is 59.7 Å². The molecule has 36 heavy (non-hydrogen) atoms. The standard InChI is InChI=1S/C27H31N7O2/c1-33-15-20(13-30-33)31-27-25(26(28)36)29-14-24(32-27)34-21-9-8-19(22(34)11-10-21)12-23(35)18-6-4-17(5-7-18)16-2-3-16/h4-7,13-16,19,21-22H,2-3,8-12H2,1H3,(H2,28,36)(H,31,32)/t19-,21?,22?/m1/s1. The number of nitrogens with zero attached hydrogens (tertiary/aromatic N) is 5. The highest BCUT2D eigenvalue weighted by atomic mass is 16.1. The van der Waals surface area contributed by atoms with Gasteiger partial charge in [-0.05, 0) is 55.9 Å². The number of benzene rings is 1. The number of nitrogens with two attached hydrogens (primary N) is 1. The van der Waals surface area contributed by atoms with Gasteiger partial charge in [-0.2, -0.15) is 5.10 Å². The molecule has 3 fully saturated rings. The van der Waals surface area contributed by atoms with E-state index in [4.69, 9.17) is 10.7 Å². The number of rotatable bonds is 8. The molecule has 4 heterocycles. The molecule has 2 saturated heterocycles. The second-order valence-corrected chi connectivity index (χ2v) is 10.4. The summed E-state index contributed by atoms with van der Waals surface area (Å²) >= 11 is 0. The Morgan fingerprint density at radius 3 is 2.53 bits per heavy atom. The molecule has 9 heteroatoms. The van der Waals surface area contributed by atoms with E-state index >= 15 is 0 Å². The van der Waals surface area contributed by atoms with E-state index in [9.17, 15) is 9.59 Å². The molecule has 3 aliphatic rings. The van der Waals surface area contributed by atoms with Crippen LogP contribution in [0.1, 0.15) is 77.3 Å². The first-order valence-corrected chi connectivity index (χ1v) is 12.8. The van der Waals surface area contributed by atoms with Gasteiger partial charge in [-0.3, -0.25) is 14.3 Å². The Morgan fingerprint density at radius 2 is 1.83 bits per heavy atom. The highest BCUT2D eigenvalue weighted by molar-refractivity contribution is 5.97. The summed E-state index contributed by atoms with van der Waals surface area (Å²) in [6.07, 6.45) is 12.3. The topological polar surface area (TPSA) is 119 Å². The minimum atomic E-state index is -0.641. The first-order chi connectivity index (χ1) is 17.5. The molecule has 0 spiro atoms. The Labute approximate surface area is 210 Å². The predicted molar refractivity (Wildman–Crippen MR) is 136 cm³/mol. The van der Waals surface area contributed by atoms with Crippen LogP contribution in [0.15, 0.2) is 42.9 Å². The van der Waals surface area contributed by atoms with Crippen molar-refractivity contribution < 1.29 is 9.59 Å². The van der Waals surface area contributed by atoms with E-state index in [0.717, 1.165) is 31.2 Å². The third kappa shape index (κ3) is 4.34. The maximum absolute atomic E-state index is 13.2. The molecule has 1 aliphatic carbocycles. The average molecular weight is 486 g/mol. The van der Waals surface area contributed by atoms with Crippen LogP contribution in [0.5, 0.6) is 0 Å². The van der Waals surface area contributed by atoms with Gasteiger partial charge in [-0.15, -0.1) is 0 Å². The number of amides is 1. The molecule has 1 aromatic carbocycles. The normalized spacial score (nSPS) is 23.0. The summed E-state index contributed by atoms with van der Waals surface area (Å²) in [5, 5.41) is 7.31. The summed E-state index contributed by atoms with van der Waals surface area (Å²) in [5.74, 6) is 1.55. The highest BCUT2D eigenvalue weighted by Gasteiger charge is 2.44. The van der Waals surface area contributed by atoms with Crippen molar-refractivity contribution in [1.29, 1.82) is 0 Å². The lowest BCUT2D eigenvalue weighted by Gasteiger charge is -2.40. The smallest absolute Gasteiger partial charge is 0.271 e. The predicted octanol–water partition coefficient (Wildman–Crippen LogP) is 3.95. The lowest BCUT2D eigenvalue weighted by molar-refractivity contribution is 0.0944. The average Bonchev–Trinajstić information content (AvgIpc) is 3.57. The molecule has 2 aromatic heterocycles. The molecule has 6 rings (SSSR count). The maximum atomic E-state index is 13.2. The molecule has 2 unspecified atom stereocenters. The molecule has 3 atom stereocenters. The van der Waals surface area contributed by atoms with Gasteiger partial charge in [0.15, 0.2) is 17.3 Å². The molecule has 186 valence electrons. The van der Waals surface area contributed by atoms with Gasteiger partial charge in [0.25, 0.3) is 5.91 Å². The number of carbonyl (C=O) groups is 2. The number of hydrogen-bond donors (Lipinski definition) is 2. The number of ketones is 1. The monoisotopic (exact) mass is 485 g/mol. The number of fused-ring (bicyclic) bond motifs is 2. The molecular weight excluding hydrogens is 454 g/mol. The lowest BCUT2D eigenvalue weighted by Crippen LogP contribution is -2.46. The zero-order valence-corrected chi connectivity index (χ0v) is 20.4. The summed E-state index contributed by atoms with van der Waals surface area (Å²) in [6.45, 7) is 0. The number of nitrogens with one attached hydrogen (secondary N) is 1.